The Morgan fingerprint density at radius 1 is 0.848 bits per heavy atom. The van der Waals surface area contributed by atoms with E-state index in [1.54, 1.807) is 12.0 Å². The average Bonchev–Trinajstić information content (AvgIpc) is 3.13. The topological polar surface area (TPSA) is 48.0 Å². The summed E-state index contributed by atoms with van der Waals surface area (Å²) >= 11 is 6.75. The zero-order chi connectivity index (χ0) is 23.0. The van der Waals surface area contributed by atoms with E-state index in [0.717, 1.165) is 11.3 Å². The van der Waals surface area contributed by atoms with E-state index >= 15 is 0 Å². The fourth-order valence-electron chi connectivity index (χ4n) is 3.30. The lowest BCUT2D eigenvalue weighted by Crippen LogP contribution is -2.27. The molecule has 0 saturated carbocycles. The van der Waals surface area contributed by atoms with Gasteiger partial charge in [0, 0.05) is 12.0 Å². The molecular weight excluding hydrogens is 454 g/mol. The summed E-state index contributed by atoms with van der Waals surface area (Å²) < 4.78 is 17.6. The zero-order valence-corrected chi connectivity index (χ0v) is 19.7. The number of rotatable bonds is 9. The highest BCUT2D eigenvalue weighted by atomic mass is 32.2. The summed E-state index contributed by atoms with van der Waals surface area (Å²) in [5.74, 6) is 1.99. The van der Waals surface area contributed by atoms with Crippen molar-refractivity contribution in [2.75, 3.05) is 25.2 Å². The molecule has 4 rings (SSSR count). The highest BCUT2D eigenvalue weighted by molar-refractivity contribution is 8.27. The lowest BCUT2D eigenvalue weighted by Gasteiger charge is -2.14. The van der Waals surface area contributed by atoms with Crippen LogP contribution in [0.25, 0.3) is 6.08 Å². The Bertz CT molecular complexity index is 1160. The Labute approximate surface area is 203 Å². The van der Waals surface area contributed by atoms with Gasteiger partial charge in [0.25, 0.3) is 5.91 Å². The number of ether oxygens (including phenoxy) is 3. The van der Waals surface area contributed by atoms with Crippen LogP contribution in [0.2, 0.25) is 0 Å². The molecule has 3 aromatic rings. The van der Waals surface area contributed by atoms with Gasteiger partial charge < -0.3 is 14.2 Å². The van der Waals surface area contributed by atoms with Gasteiger partial charge in [0.15, 0.2) is 15.8 Å². The minimum atomic E-state index is -0.129. The molecule has 33 heavy (non-hydrogen) atoms. The molecule has 1 aliphatic heterocycles. The van der Waals surface area contributed by atoms with Crippen LogP contribution >= 0.6 is 24.0 Å². The van der Waals surface area contributed by atoms with Gasteiger partial charge in [0.05, 0.1) is 30.9 Å². The van der Waals surface area contributed by atoms with Crippen molar-refractivity contribution < 1.29 is 19.0 Å². The van der Waals surface area contributed by atoms with Crippen LogP contribution in [0.4, 0.5) is 5.69 Å². The standard InChI is InChI=1S/C26H23NO4S2/c1-29-22-14-7-8-15-23(22)31-17-9-16-30-21-13-6-5-10-19(21)18-24-25(28)27(26(32)33-24)20-11-3-2-4-12-20/h2-8,10-15,18H,9,16-17H2,1H3/b24-18+. The molecule has 168 valence electrons. The van der Waals surface area contributed by atoms with Gasteiger partial charge in [-0.25, -0.2) is 0 Å². The Morgan fingerprint density at radius 2 is 1.45 bits per heavy atom. The number of benzene rings is 3. The van der Waals surface area contributed by atoms with Crippen LogP contribution < -0.4 is 19.1 Å². The second kappa shape index (κ2) is 11.0. The molecule has 1 heterocycles. The number of carbonyl (C=O) groups excluding carboxylic acids is 1. The van der Waals surface area contributed by atoms with Crippen molar-refractivity contribution in [1.29, 1.82) is 0 Å². The number of thiocarbonyl (C=S) groups is 1. The largest absolute Gasteiger partial charge is 0.493 e. The summed E-state index contributed by atoms with van der Waals surface area (Å²) in [6.45, 7) is 0.975. The quantitative estimate of drug-likeness (QED) is 0.216. The molecule has 1 aliphatic rings. The molecule has 0 bridgehead atoms. The Kier molecular flexibility index (Phi) is 7.65. The zero-order valence-electron chi connectivity index (χ0n) is 18.1. The lowest BCUT2D eigenvalue weighted by molar-refractivity contribution is -0.113. The SMILES string of the molecule is COc1ccccc1OCCCOc1ccccc1/C=C1/SC(=S)N(c2ccccc2)C1=O. The van der Waals surface area contributed by atoms with Crippen LogP contribution in [0.5, 0.6) is 17.2 Å². The van der Waals surface area contributed by atoms with E-state index in [-0.39, 0.29) is 5.91 Å². The number of nitrogens with zero attached hydrogens (tertiary/aromatic N) is 1. The van der Waals surface area contributed by atoms with Crippen LogP contribution in [-0.4, -0.2) is 30.6 Å². The van der Waals surface area contributed by atoms with Gasteiger partial charge in [0.2, 0.25) is 0 Å². The normalized spacial score (nSPS) is 14.6. The highest BCUT2D eigenvalue weighted by Gasteiger charge is 2.33. The summed E-state index contributed by atoms with van der Waals surface area (Å²) in [5, 5.41) is 0. The number of thioether (sulfide) groups is 1. The summed E-state index contributed by atoms with van der Waals surface area (Å²) in [6, 6.07) is 24.6. The summed E-state index contributed by atoms with van der Waals surface area (Å²) in [4.78, 5) is 15.1. The van der Waals surface area contributed by atoms with Gasteiger partial charge in [-0.05, 0) is 36.4 Å². The molecule has 0 atom stereocenters. The molecule has 0 N–H and O–H groups in total. The number of hydrogen-bond acceptors (Lipinski definition) is 6. The molecule has 0 radical (unpaired) electrons. The van der Waals surface area contributed by atoms with E-state index in [2.05, 4.69) is 0 Å². The number of anilines is 1. The maximum Gasteiger partial charge on any atom is 0.270 e. The molecule has 5 nitrogen and oxygen atoms in total. The second-order valence-corrected chi connectivity index (χ2v) is 8.77. The monoisotopic (exact) mass is 477 g/mol. The molecule has 0 spiro atoms. The first kappa shape index (κ1) is 22.9. The maximum absolute atomic E-state index is 13.0. The summed E-state index contributed by atoms with van der Waals surface area (Å²) in [7, 11) is 1.62. The lowest BCUT2D eigenvalue weighted by atomic mass is 10.2. The summed E-state index contributed by atoms with van der Waals surface area (Å²) in [5.41, 5.74) is 1.60. The van der Waals surface area contributed by atoms with Crippen molar-refractivity contribution in [1.82, 2.24) is 0 Å². The van der Waals surface area contributed by atoms with Crippen molar-refractivity contribution in [3.05, 3.63) is 89.3 Å². The third-order valence-corrected chi connectivity index (χ3v) is 6.19. The van der Waals surface area contributed by atoms with E-state index in [1.165, 1.54) is 11.8 Å². The van der Waals surface area contributed by atoms with Gasteiger partial charge in [0.1, 0.15) is 5.75 Å². The van der Waals surface area contributed by atoms with E-state index in [0.29, 0.717) is 46.1 Å². The van der Waals surface area contributed by atoms with Crippen LogP contribution in [0.15, 0.2) is 83.8 Å². The molecule has 0 aromatic heterocycles. The first-order valence-corrected chi connectivity index (χ1v) is 11.7. The van der Waals surface area contributed by atoms with E-state index in [9.17, 15) is 4.79 Å². The maximum atomic E-state index is 13.0. The van der Waals surface area contributed by atoms with Crippen LogP contribution in [0.3, 0.4) is 0 Å². The fourth-order valence-corrected chi connectivity index (χ4v) is 4.59. The van der Waals surface area contributed by atoms with Gasteiger partial charge in [-0.1, -0.05) is 72.5 Å². The molecular formula is C26H23NO4S2. The minimum Gasteiger partial charge on any atom is -0.493 e. The second-order valence-electron chi connectivity index (χ2n) is 7.09. The van der Waals surface area contributed by atoms with Crippen molar-refractivity contribution in [2.45, 2.75) is 6.42 Å². The fraction of sp³-hybridized carbons (Fsp3) is 0.154. The predicted octanol–water partition coefficient (Wildman–Crippen LogP) is 5.95. The van der Waals surface area contributed by atoms with Gasteiger partial charge in [-0.3, -0.25) is 9.69 Å². The third kappa shape index (κ3) is 5.56. The van der Waals surface area contributed by atoms with Gasteiger partial charge >= 0.3 is 0 Å². The number of para-hydroxylation sites is 4. The Morgan fingerprint density at radius 3 is 2.18 bits per heavy atom. The van der Waals surface area contributed by atoms with Crippen molar-refractivity contribution in [3.8, 4) is 17.2 Å². The highest BCUT2D eigenvalue weighted by Crippen LogP contribution is 2.37. The van der Waals surface area contributed by atoms with Crippen LogP contribution in [0.1, 0.15) is 12.0 Å². The predicted molar refractivity (Wildman–Crippen MR) is 137 cm³/mol. The van der Waals surface area contributed by atoms with Crippen molar-refractivity contribution in [2.24, 2.45) is 0 Å². The third-order valence-electron chi connectivity index (χ3n) is 4.89. The molecule has 0 unspecified atom stereocenters. The molecule has 1 saturated heterocycles. The number of hydrogen-bond donors (Lipinski definition) is 0. The van der Waals surface area contributed by atoms with Crippen LogP contribution in [-0.2, 0) is 4.79 Å². The molecule has 0 aliphatic carbocycles. The number of amides is 1. The van der Waals surface area contributed by atoms with E-state index in [4.69, 9.17) is 26.4 Å². The van der Waals surface area contributed by atoms with Gasteiger partial charge in [-0.15, -0.1) is 0 Å². The van der Waals surface area contributed by atoms with Gasteiger partial charge in [-0.2, -0.15) is 0 Å². The van der Waals surface area contributed by atoms with E-state index < -0.39 is 0 Å². The Balaban J connectivity index is 1.38. The average molecular weight is 478 g/mol. The molecule has 3 aromatic carbocycles. The van der Waals surface area contributed by atoms with Crippen LogP contribution in [0, 0.1) is 0 Å². The first-order chi connectivity index (χ1) is 16.2. The van der Waals surface area contributed by atoms with Crippen molar-refractivity contribution in [3.63, 3.8) is 0 Å². The smallest absolute Gasteiger partial charge is 0.270 e. The minimum absolute atomic E-state index is 0.129. The molecule has 1 amide bonds. The first-order valence-electron chi connectivity index (χ1n) is 10.5. The Hall–Kier alpha value is -3.29. The molecule has 7 heteroatoms. The number of methoxy groups -OCH3 is 1. The summed E-state index contributed by atoms with van der Waals surface area (Å²) in [6.07, 6.45) is 2.53. The van der Waals surface area contributed by atoms with E-state index in [1.807, 2.05) is 84.9 Å². The number of carbonyl (C=O) groups is 1. The molecule has 1 fully saturated rings. The van der Waals surface area contributed by atoms with Crippen molar-refractivity contribution >= 4 is 46.0 Å².